The average molecular weight is 471 g/mol. The standard InChI is InChI=1S/C26H21N3O6/c27-23(30)15-5-1-2-6-16(15)24(31)28-9-10-29-19-8-4-3-7-17(19)26(25(29)32)13-33-20-12-22-21(11-18(20)26)34-14-35-22/h1-8,11-12H,9-10,13-14H2,(H2,27,30)(H,28,31). The summed E-state index contributed by atoms with van der Waals surface area (Å²) >= 11 is 0. The number of benzene rings is 3. The predicted octanol–water partition coefficient (Wildman–Crippen LogP) is 1.97. The van der Waals surface area contributed by atoms with Gasteiger partial charge in [-0.05, 0) is 29.8 Å². The molecule has 0 aromatic heterocycles. The van der Waals surface area contributed by atoms with Crippen molar-refractivity contribution < 1.29 is 28.6 Å². The maximum atomic E-state index is 13.9. The van der Waals surface area contributed by atoms with E-state index in [1.54, 1.807) is 23.1 Å². The first-order chi connectivity index (χ1) is 17.0. The van der Waals surface area contributed by atoms with Gasteiger partial charge in [0.25, 0.3) is 5.91 Å². The Labute approximate surface area is 200 Å². The van der Waals surface area contributed by atoms with Crippen molar-refractivity contribution in [2.45, 2.75) is 5.41 Å². The Morgan fingerprint density at radius 2 is 1.63 bits per heavy atom. The van der Waals surface area contributed by atoms with Crippen LogP contribution in [0.5, 0.6) is 17.2 Å². The number of fused-ring (bicyclic) bond motifs is 5. The first-order valence-electron chi connectivity index (χ1n) is 11.2. The first-order valence-corrected chi connectivity index (χ1v) is 11.2. The summed E-state index contributed by atoms with van der Waals surface area (Å²) < 4.78 is 17.0. The summed E-state index contributed by atoms with van der Waals surface area (Å²) in [5, 5.41) is 2.80. The molecule has 3 aromatic rings. The molecule has 6 rings (SSSR count). The number of rotatable bonds is 5. The molecule has 3 aliphatic heterocycles. The molecule has 176 valence electrons. The zero-order valence-corrected chi connectivity index (χ0v) is 18.6. The number of carbonyl (C=O) groups excluding carboxylic acids is 3. The molecule has 3 aliphatic rings. The molecule has 1 unspecified atom stereocenters. The van der Waals surface area contributed by atoms with Gasteiger partial charge in [0, 0.05) is 30.4 Å². The van der Waals surface area contributed by atoms with Gasteiger partial charge in [-0.2, -0.15) is 0 Å². The highest BCUT2D eigenvalue weighted by molar-refractivity contribution is 6.12. The molecule has 35 heavy (non-hydrogen) atoms. The van der Waals surface area contributed by atoms with Gasteiger partial charge in [0.15, 0.2) is 11.5 Å². The van der Waals surface area contributed by atoms with Crippen molar-refractivity contribution in [3.05, 3.63) is 82.9 Å². The van der Waals surface area contributed by atoms with Gasteiger partial charge in [-0.15, -0.1) is 0 Å². The normalized spacial score (nSPS) is 18.9. The zero-order valence-electron chi connectivity index (χ0n) is 18.6. The quantitative estimate of drug-likeness (QED) is 0.587. The molecule has 3 heterocycles. The van der Waals surface area contributed by atoms with Crippen molar-refractivity contribution >= 4 is 23.4 Å². The fraction of sp³-hybridized carbons (Fsp3) is 0.192. The number of ether oxygens (including phenoxy) is 3. The molecule has 1 atom stereocenters. The Balaban J connectivity index is 1.28. The summed E-state index contributed by atoms with van der Waals surface area (Å²) in [6, 6.07) is 17.5. The Bertz CT molecular complexity index is 1400. The summed E-state index contributed by atoms with van der Waals surface area (Å²) in [5.74, 6) is 0.519. The van der Waals surface area contributed by atoms with Crippen LogP contribution in [0.25, 0.3) is 0 Å². The Morgan fingerprint density at radius 1 is 0.914 bits per heavy atom. The van der Waals surface area contributed by atoms with Crippen LogP contribution in [0.15, 0.2) is 60.7 Å². The molecule has 0 radical (unpaired) electrons. The van der Waals surface area contributed by atoms with Crippen LogP contribution in [0.1, 0.15) is 31.8 Å². The van der Waals surface area contributed by atoms with Crippen molar-refractivity contribution in [2.75, 3.05) is 31.4 Å². The minimum Gasteiger partial charge on any atom is -0.491 e. The average Bonchev–Trinajstić information content (AvgIpc) is 3.55. The zero-order chi connectivity index (χ0) is 24.2. The van der Waals surface area contributed by atoms with Crippen LogP contribution < -0.4 is 30.2 Å². The van der Waals surface area contributed by atoms with Gasteiger partial charge >= 0.3 is 0 Å². The van der Waals surface area contributed by atoms with Crippen LogP contribution >= 0.6 is 0 Å². The third-order valence-corrected chi connectivity index (χ3v) is 6.70. The van der Waals surface area contributed by atoms with Gasteiger partial charge in [0.1, 0.15) is 17.8 Å². The second-order valence-electron chi connectivity index (χ2n) is 8.54. The van der Waals surface area contributed by atoms with E-state index in [-0.39, 0.29) is 43.5 Å². The van der Waals surface area contributed by atoms with Crippen LogP contribution in [0.3, 0.4) is 0 Å². The highest BCUT2D eigenvalue weighted by atomic mass is 16.7. The lowest BCUT2D eigenvalue weighted by molar-refractivity contribution is -0.122. The molecule has 3 N–H and O–H groups in total. The van der Waals surface area contributed by atoms with Gasteiger partial charge < -0.3 is 30.2 Å². The minimum absolute atomic E-state index is 0.125. The number of para-hydroxylation sites is 1. The molecule has 3 amide bonds. The molecular formula is C26H21N3O6. The van der Waals surface area contributed by atoms with Crippen molar-refractivity contribution in [3.63, 3.8) is 0 Å². The van der Waals surface area contributed by atoms with Gasteiger partial charge in [-0.25, -0.2) is 0 Å². The topological polar surface area (TPSA) is 120 Å². The predicted molar refractivity (Wildman–Crippen MR) is 125 cm³/mol. The lowest BCUT2D eigenvalue weighted by Gasteiger charge is -2.23. The summed E-state index contributed by atoms with van der Waals surface area (Å²) in [5.41, 5.74) is 7.06. The van der Waals surface area contributed by atoms with Crippen LogP contribution in [-0.2, 0) is 10.2 Å². The van der Waals surface area contributed by atoms with E-state index < -0.39 is 17.2 Å². The maximum Gasteiger partial charge on any atom is 0.252 e. The number of primary amides is 1. The van der Waals surface area contributed by atoms with Crippen molar-refractivity contribution in [1.82, 2.24) is 5.32 Å². The fourth-order valence-electron chi connectivity index (χ4n) is 5.06. The van der Waals surface area contributed by atoms with E-state index in [9.17, 15) is 14.4 Å². The van der Waals surface area contributed by atoms with Gasteiger partial charge in [-0.3, -0.25) is 14.4 Å². The van der Waals surface area contributed by atoms with E-state index in [0.29, 0.717) is 17.2 Å². The molecule has 0 bridgehead atoms. The molecule has 0 saturated heterocycles. The third kappa shape index (κ3) is 3.04. The molecule has 9 nitrogen and oxygen atoms in total. The molecule has 3 aromatic carbocycles. The first kappa shape index (κ1) is 21.0. The van der Waals surface area contributed by atoms with Crippen LogP contribution in [0.4, 0.5) is 5.69 Å². The summed E-state index contributed by atoms with van der Waals surface area (Å²) in [6.07, 6.45) is 0. The van der Waals surface area contributed by atoms with E-state index in [2.05, 4.69) is 5.32 Å². The van der Waals surface area contributed by atoms with E-state index in [0.717, 1.165) is 16.8 Å². The van der Waals surface area contributed by atoms with E-state index >= 15 is 0 Å². The molecular weight excluding hydrogens is 450 g/mol. The number of carbonyl (C=O) groups is 3. The van der Waals surface area contributed by atoms with Crippen LogP contribution in [-0.4, -0.2) is 44.2 Å². The number of nitrogens with two attached hydrogens (primary N) is 1. The Hall–Kier alpha value is -4.53. The molecule has 0 aliphatic carbocycles. The maximum absolute atomic E-state index is 13.9. The Kier molecular flexibility index (Phi) is 4.67. The highest BCUT2D eigenvalue weighted by Gasteiger charge is 2.57. The minimum atomic E-state index is -1.00. The van der Waals surface area contributed by atoms with E-state index in [1.807, 2.05) is 30.3 Å². The lowest BCUT2D eigenvalue weighted by Crippen LogP contribution is -2.45. The SMILES string of the molecule is NC(=O)c1ccccc1C(=O)NCCN1C(=O)C2(COc3cc4c(cc32)OCO4)c2ccccc21. The second kappa shape index (κ2) is 7.76. The number of anilines is 1. The largest absolute Gasteiger partial charge is 0.491 e. The van der Waals surface area contributed by atoms with Gasteiger partial charge in [-0.1, -0.05) is 30.3 Å². The summed E-state index contributed by atoms with van der Waals surface area (Å²) in [6.45, 7) is 0.704. The number of nitrogens with one attached hydrogen (secondary N) is 1. The van der Waals surface area contributed by atoms with Crippen molar-refractivity contribution in [1.29, 1.82) is 0 Å². The number of amides is 3. The number of hydrogen-bond donors (Lipinski definition) is 2. The van der Waals surface area contributed by atoms with Gasteiger partial charge in [0.2, 0.25) is 18.6 Å². The highest BCUT2D eigenvalue weighted by Crippen LogP contribution is 2.54. The third-order valence-electron chi connectivity index (χ3n) is 6.70. The number of hydrogen-bond acceptors (Lipinski definition) is 6. The van der Waals surface area contributed by atoms with Gasteiger partial charge in [0.05, 0.1) is 11.1 Å². The summed E-state index contributed by atoms with van der Waals surface area (Å²) in [7, 11) is 0. The molecule has 1 spiro atoms. The molecule has 9 heteroatoms. The van der Waals surface area contributed by atoms with Crippen molar-refractivity contribution in [3.8, 4) is 17.2 Å². The van der Waals surface area contributed by atoms with Crippen molar-refractivity contribution in [2.24, 2.45) is 5.73 Å². The fourth-order valence-corrected chi connectivity index (χ4v) is 5.06. The van der Waals surface area contributed by atoms with Crippen LogP contribution in [0, 0.1) is 0 Å². The van der Waals surface area contributed by atoms with E-state index in [1.165, 1.54) is 12.1 Å². The second-order valence-corrected chi connectivity index (χ2v) is 8.54. The van der Waals surface area contributed by atoms with Crippen LogP contribution in [0.2, 0.25) is 0 Å². The smallest absolute Gasteiger partial charge is 0.252 e. The molecule has 0 saturated carbocycles. The summed E-state index contributed by atoms with van der Waals surface area (Å²) in [4.78, 5) is 40.0. The molecule has 0 fully saturated rings. The Morgan fingerprint density at radius 3 is 2.43 bits per heavy atom. The van der Waals surface area contributed by atoms with E-state index in [4.69, 9.17) is 19.9 Å². The monoisotopic (exact) mass is 471 g/mol. The number of nitrogens with zero attached hydrogens (tertiary/aromatic N) is 1. The lowest BCUT2D eigenvalue weighted by atomic mass is 9.77.